The largest absolute Gasteiger partial charge is 0.394 e. The predicted octanol–water partition coefficient (Wildman–Crippen LogP) is -0.657. The monoisotopic (exact) mass is 149 g/mol. The molecule has 0 saturated heterocycles. The Balaban J connectivity index is 3.69. The predicted molar refractivity (Wildman–Crippen MR) is 36.6 cm³/mol. The minimum atomic E-state index is -0.769. The van der Waals surface area contributed by atoms with Gasteiger partial charge in [0.15, 0.2) is 0 Å². The number of hydroxylamine groups is 1. The summed E-state index contributed by atoms with van der Waals surface area (Å²) in [5.74, 6) is -0.157. The van der Waals surface area contributed by atoms with Crippen molar-refractivity contribution in [3.8, 4) is 0 Å². The highest BCUT2D eigenvalue weighted by Gasteiger charge is 2.18. The second kappa shape index (κ2) is 4.62. The summed E-state index contributed by atoms with van der Waals surface area (Å²) >= 11 is 0. The smallest absolute Gasteiger partial charge is 0.0811 e. The van der Waals surface area contributed by atoms with Crippen LogP contribution in [0, 0.1) is 5.92 Å². The van der Waals surface area contributed by atoms with Crippen molar-refractivity contribution < 1.29 is 15.4 Å². The maximum Gasteiger partial charge on any atom is 0.0811 e. The first-order valence-electron chi connectivity index (χ1n) is 3.32. The molecule has 4 N–H and O–H groups in total. The fourth-order valence-corrected chi connectivity index (χ4v) is 0.617. The van der Waals surface area contributed by atoms with Crippen LogP contribution >= 0.6 is 0 Å². The fourth-order valence-electron chi connectivity index (χ4n) is 0.617. The molecule has 4 heteroatoms. The molecule has 3 unspecified atom stereocenters. The van der Waals surface area contributed by atoms with Crippen molar-refractivity contribution in [2.75, 3.05) is 6.61 Å². The van der Waals surface area contributed by atoms with Crippen molar-refractivity contribution in [3.05, 3.63) is 0 Å². The maximum atomic E-state index is 9.03. The lowest BCUT2D eigenvalue weighted by Crippen LogP contribution is -2.38. The van der Waals surface area contributed by atoms with Crippen molar-refractivity contribution in [3.63, 3.8) is 0 Å². The Bertz CT molecular complexity index is 79.1. The molecule has 0 saturated carbocycles. The molecule has 0 fully saturated rings. The van der Waals surface area contributed by atoms with E-state index in [1.807, 2.05) is 5.48 Å². The van der Waals surface area contributed by atoms with Crippen molar-refractivity contribution in [2.24, 2.45) is 5.92 Å². The molecule has 3 atom stereocenters. The molecule has 0 heterocycles. The molecule has 0 aromatic heterocycles. The van der Waals surface area contributed by atoms with E-state index < -0.39 is 6.10 Å². The van der Waals surface area contributed by atoms with Crippen molar-refractivity contribution in [1.29, 1.82) is 0 Å². The molecule has 0 bridgehead atoms. The van der Waals surface area contributed by atoms with E-state index in [0.29, 0.717) is 0 Å². The Hall–Kier alpha value is -0.160. The molecule has 0 radical (unpaired) electrons. The van der Waals surface area contributed by atoms with E-state index >= 15 is 0 Å². The van der Waals surface area contributed by atoms with Gasteiger partial charge in [-0.2, -0.15) is 0 Å². The van der Waals surface area contributed by atoms with Crippen LogP contribution in [-0.2, 0) is 0 Å². The molecule has 0 aliphatic heterocycles. The standard InChI is InChI=1S/C6H15NO3/c1-4(5(2)7-10)6(9)3-8/h4-10H,3H2,1-2H3. The highest BCUT2D eigenvalue weighted by molar-refractivity contribution is 4.71. The normalized spacial score (nSPS) is 20.1. The molecule has 0 aromatic rings. The van der Waals surface area contributed by atoms with E-state index in [1.54, 1.807) is 13.8 Å². The van der Waals surface area contributed by atoms with Crippen LogP contribution in [0.3, 0.4) is 0 Å². The van der Waals surface area contributed by atoms with Gasteiger partial charge in [0.2, 0.25) is 0 Å². The summed E-state index contributed by atoms with van der Waals surface area (Å²) in [5, 5.41) is 25.9. The van der Waals surface area contributed by atoms with Gasteiger partial charge >= 0.3 is 0 Å². The van der Waals surface area contributed by atoms with Crippen LogP contribution in [0.1, 0.15) is 13.8 Å². The Labute approximate surface area is 60.5 Å². The molecule has 0 aromatic carbocycles. The first-order chi connectivity index (χ1) is 4.63. The summed E-state index contributed by atoms with van der Waals surface area (Å²) in [6.45, 7) is 3.20. The summed E-state index contributed by atoms with van der Waals surface area (Å²) in [6, 6.07) is -0.206. The number of rotatable bonds is 4. The third-order valence-corrected chi connectivity index (χ3v) is 1.79. The van der Waals surface area contributed by atoms with Crippen LogP contribution in [-0.4, -0.2) is 34.2 Å². The molecular weight excluding hydrogens is 134 g/mol. The first kappa shape index (κ1) is 9.84. The third kappa shape index (κ3) is 2.62. The quantitative estimate of drug-likeness (QED) is 0.400. The van der Waals surface area contributed by atoms with Crippen LogP contribution in [0.25, 0.3) is 0 Å². The minimum Gasteiger partial charge on any atom is -0.394 e. The maximum absolute atomic E-state index is 9.03. The second-order valence-corrected chi connectivity index (χ2v) is 2.53. The number of aliphatic hydroxyl groups excluding tert-OH is 2. The van der Waals surface area contributed by atoms with Gasteiger partial charge in [-0.3, -0.25) is 0 Å². The van der Waals surface area contributed by atoms with Crippen LogP contribution in [0.4, 0.5) is 0 Å². The van der Waals surface area contributed by atoms with Gasteiger partial charge < -0.3 is 15.4 Å². The van der Waals surface area contributed by atoms with Crippen LogP contribution in [0.5, 0.6) is 0 Å². The Morgan fingerprint density at radius 1 is 1.40 bits per heavy atom. The summed E-state index contributed by atoms with van der Waals surface area (Å²) in [5.41, 5.74) is 2.01. The fraction of sp³-hybridized carbons (Fsp3) is 1.00. The van der Waals surface area contributed by atoms with Gasteiger partial charge in [0.05, 0.1) is 12.7 Å². The average molecular weight is 149 g/mol. The lowest BCUT2D eigenvalue weighted by Gasteiger charge is -2.21. The number of hydrogen-bond donors (Lipinski definition) is 4. The minimum absolute atomic E-state index is 0.157. The first-order valence-corrected chi connectivity index (χ1v) is 3.32. The molecule has 0 amide bonds. The highest BCUT2D eigenvalue weighted by atomic mass is 16.5. The van der Waals surface area contributed by atoms with E-state index in [4.69, 9.17) is 15.4 Å². The summed E-state index contributed by atoms with van der Waals surface area (Å²) < 4.78 is 0. The third-order valence-electron chi connectivity index (χ3n) is 1.79. The van der Waals surface area contributed by atoms with Crippen molar-refractivity contribution >= 4 is 0 Å². The van der Waals surface area contributed by atoms with Gasteiger partial charge in [-0.15, -0.1) is 0 Å². The van der Waals surface area contributed by atoms with E-state index in [1.165, 1.54) is 0 Å². The van der Waals surface area contributed by atoms with Gasteiger partial charge in [-0.1, -0.05) is 6.92 Å². The molecule has 0 spiro atoms. The molecule has 4 nitrogen and oxygen atoms in total. The van der Waals surface area contributed by atoms with E-state index in [2.05, 4.69) is 0 Å². The van der Waals surface area contributed by atoms with Crippen molar-refractivity contribution in [1.82, 2.24) is 5.48 Å². The van der Waals surface area contributed by atoms with Gasteiger partial charge in [-0.25, -0.2) is 5.48 Å². The van der Waals surface area contributed by atoms with Gasteiger partial charge in [-0.05, 0) is 6.92 Å². The van der Waals surface area contributed by atoms with Crippen LogP contribution in [0.2, 0.25) is 0 Å². The van der Waals surface area contributed by atoms with Gasteiger partial charge in [0.25, 0.3) is 0 Å². The Kier molecular flexibility index (Phi) is 4.55. The number of aliphatic hydroxyl groups is 2. The van der Waals surface area contributed by atoms with E-state index in [0.717, 1.165) is 0 Å². The zero-order valence-electron chi connectivity index (χ0n) is 6.28. The topological polar surface area (TPSA) is 72.7 Å². The zero-order valence-corrected chi connectivity index (χ0v) is 6.28. The Morgan fingerprint density at radius 2 is 1.90 bits per heavy atom. The van der Waals surface area contributed by atoms with Crippen LogP contribution in [0.15, 0.2) is 0 Å². The number of nitrogens with one attached hydrogen (secondary N) is 1. The lowest BCUT2D eigenvalue weighted by molar-refractivity contribution is 0.0129. The molecule has 0 aliphatic rings. The molecule has 10 heavy (non-hydrogen) atoms. The lowest BCUT2D eigenvalue weighted by atomic mass is 9.98. The SMILES string of the molecule is CC(NO)C(C)C(O)CO. The van der Waals surface area contributed by atoms with E-state index in [-0.39, 0.29) is 18.6 Å². The Morgan fingerprint density at radius 3 is 2.20 bits per heavy atom. The average Bonchev–Trinajstić information content (AvgIpc) is 2.00. The van der Waals surface area contributed by atoms with Crippen molar-refractivity contribution in [2.45, 2.75) is 26.0 Å². The number of hydrogen-bond acceptors (Lipinski definition) is 4. The molecule has 62 valence electrons. The molecule has 0 aliphatic carbocycles. The second-order valence-electron chi connectivity index (χ2n) is 2.53. The van der Waals surface area contributed by atoms with Gasteiger partial charge in [0.1, 0.15) is 0 Å². The summed E-state index contributed by atoms with van der Waals surface area (Å²) in [7, 11) is 0. The van der Waals surface area contributed by atoms with E-state index in [9.17, 15) is 0 Å². The van der Waals surface area contributed by atoms with Crippen LogP contribution < -0.4 is 5.48 Å². The van der Waals surface area contributed by atoms with Gasteiger partial charge in [0, 0.05) is 12.0 Å². The highest BCUT2D eigenvalue weighted by Crippen LogP contribution is 2.06. The molecular formula is C6H15NO3. The molecule has 0 rings (SSSR count). The summed E-state index contributed by atoms with van der Waals surface area (Å²) in [4.78, 5) is 0. The zero-order chi connectivity index (χ0) is 8.15. The summed E-state index contributed by atoms with van der Waals surface area (Å²) in [6.07, 6.45) is -0.769.